The zero-order chi connectivity index (χ0) is 17.3. The van der Waals surface area contributed by atoms with Crippen LogP contribution in [0.2, 0.25) is 0 Å². The minimum Gasteiger partial charge on any atom is -0.356 e. The molecule has 1 saturated heterocycles. The van der Waals surface area contributed by atoms with Gasteiger partial charge in [-0.2, -0.15) is 13.2 Å². The highest BCUT2D eigenvalue weighted by Crippen LogP contribution is 2.47. The van der Waals surface area contributed by atoms with Crippen LogP contribution in [0.25, 0.3) is 0 Å². The Labute approximate surface area is 140 Å². The van der Waals surface area contributed by atoms with Crippen molar-refractivity contribution in [3.8, 4) is 0 Å². The van der Waals surface area contributed by atoms with Gasteiger partial charge in [0, 0.05) is 19.0 Å². The van der Waals surface area contributed by atoms with E-state index in [-0.39, 0.29) is 23.7 Å². The first-order valence-corrected chi connectivity index (χ1v) is 8.45. The molecule has 24 heavy (non-hydrogen) atoms. The molecule has 6 heteroatoms. The second kappa shape index (κ2) is 6.75. The molecule has 0 bridgehead atoms. The molecule has 2 aliphatic rings. The number of nitrogens with zero attached hydrogens (tertiary/aromatic N) is 1. The number of hydrogen-bond donors (Lipinski definition) is 1. The summed E-state index contributed by atoms with van der Waals surface area (Å²) in [7, 11) is 0. The lowest BCUT2D eigenvalue weighted by atomic mass is 10.1. The number of aryl methyl sites for hydroxylation is 1. The van der Waals surface area contributed by atoms with Crippen LogP contribution in [-0.2, 0) is 4.79 Å². The first-order chi connectivity index (χ1) is 11.3. The maximum Gasteiger partial charge on any atom is 0.401 e. The van der Waals surface area contributed by atoms with E-state index in [1.807, 2.05) is 19.1 Å². The van der Waals surface area contributed by atoms with Crippen LogP contribution < -0.4 is 5.32 Å². The number of hydrogen-bond acceptors (Lipinski definition) is 2. The largest absolute Gasteiger partial charge is 0.401 e. The van der Waals surface area contributed by atoms with E-state index in [1.54, 1.807) is 0 Å². The molecule has 1 amide bonds. The SMILES string of the molecule is Cc1cccc([C@@H]2C[C@@H]2C(=O)NC[C@@H]2CCN(CC(F)(F)F)C2)c1. The van der Waals surface area contributed by atoms with Crippen LogP contribution in [0, 0.1) is 18.8 Å². The number of carbonyl (C=O) groups excluding carboxylic acids is 1. The number of likely N-dealkylation sites (tertiary alicyclic amines) is 1. The number of amides is 1. The molecule has 3 atom stereocenters. The monoisotopic (exact) mass is 340 g/mol. The topological polar surface area (TPSA) is 32.3 Å². The maximum atomic E-state index is 12.4. The lowest BCUT2D eigenvalue weighted by Crippen LogP contribution is -2.35. The van der Waals surface area contributed by atoms with Crippen LogP contribution in [0.1, 0.15) is 29.9 Å². The molecule has 3 rings (SSSR count). The second-order valence-electron chi connectivity index (χ2n) is 7.11. The summed E-state index contributed by atoms with van der Waals surface area (Å²) in [4.78, 5) is 13.7. The van der Waals surface area contributed by atoms with E-state index in [0.29, 0.717) is 26.1 Å². The molecular weight excluding hydrogens is 317 g/mol. The highest BCUT2D eigenvalue weighted by Gasteiger charge is 2.44. The molecule has 1 aliphatic carbocycles. The molecule has 0 spiro atoms. The van der Waals surface area contributed by atoms with Crippen molar-refractivity contribution in [2.75, 3.05) is 26.2 Å². The predicted octanol–water partition coefficient (Wildman–Crippen LogP) is 3.10. The summed E-state index contributed by atoms with van der Waals surface area (Å²) in [5.74, 6) is 0.456. The summed E-state index contributed by atoms with van der Waals surface area (Å²) in [5.41, 5.74) is 2.39. The zero-order valence-electron chi connectivity index (χ0n) is 13.8. The van der Waals surface area contributed by atoms with Gasteiger partial charge in [-0.3, -0.25) is 9.69 Å². The fraction of sp³-hybridized carbons (Fsp3) is 0.611. The van der Waals surface area contributed by atoms with Gasteiger partial charge in [0.15, 0.2) is 0 Å². The molecule has 1 N–H and O–H groups in total. The van der Waals surface area contributed by atoms with Crippen LogP contribution in [-0.4, -0.2) is 43.2 Å². The van der Waals surface area contributed by atoms with Crippen LogP contribution in [0.5, 0.6) is 0 Å². The van der Waals surface area contributed by atoms with Gasteiger partial charge in [-0.1, -0.05) is 29.8 Å². The fourth-order valence-electron chi connectivity index (χ4n) is 3.61. The molecule has 1 heterocycles. The average molecular weight is 340 g/mol. The van der Waals surface area contributed by atoms with Crippen molar-refractivity contribution in [2.45, 2.75) is 31.9 Å². The van der Waals surface area contributed by atoms with Crippen molar-refractivity contribution >= 4 is 5.91 Å². The number of alkyl halides is 3. The number of nitrogens with one attached hydrogen (secondary N) is 1. The molecule has 1 aromatic rings. The van der Waals surface area contributed by atoms with Gasteiger partial charge in [0.2, 0.25) is 5.91 Å². The minimum atomic E-state index is -4.15. The van der Waals surface area contributed by atoms with E-state index < -0.39 is 12.7 Å². The van der Waals surface area contributed by atoms with Crippen LogP contribution in [0.15, 0.2) is 24.3 Å². The first kappa shape index (κ1) is 17.3. The van der Waals surface area contributed by atoms with Crippen LogP contribution in [0.4, 0.5) is 13.2 Å². The average Bonchev–Trinajstić information content (AvgIpc) is 3.18. The van der Waals surface area contributed by atoms with Gasteiger partial charge in [-0.15, -0.1) is 0 Å². The second-order valence-corrected chi connectivity index (χ2v) is 7.11. The highest BCUT2D eigenvalue weighted by molar-refractivity contribution is 5.82. The number of rotatable bonds is 5. The fourth-order valence-corrected chi connectivity index (χ4v) is 3.61. The highest BCUT2D eigenvalue weighted by atomic mass is 19.4. The quantitative estimate of drug-likeness (QED) is 0.893. The lowest BCUT2D eigenvalue weighted by molar-refractivity contribution is -0.143. The third-order valence-electron chi connectivity index (χ3n) is 4.94. The molecule has 3 nitrogen and oxygen atoms in total. The lowest BCUT2D eigenvalue weighted by Gasteiger charge is -2.18. The van der Waals surface area contributed by atoms with Gasteiger partial charge in [0.05, 0.1) is 6.54 Å². The van der Waals surface area contributed by atoms with Crippen molar-refractivity contribution < 1.29 is 18.0 Å². The Balaban J connectivity index is 1.41. The number of halogens is 3. The molecule has 0 aromatic heterocycles. The Morgan fingerprint density at radius 1 is 1.38 bits per heavy atom. The Hall–Kier alpha value is -1.56. The van der Waals surface area contributed by atoms with Gasteiger partial charge < -0.3 is 5.32 Å². The summed E-state index contributed by atoms with van der Waals surface area (Å²) in [6, 6.07) is 8.21. The first-order valence-electron chi connectivity index (χ1n) is 8.45. The summed E-state index contributed by atoms with van der Waals surface area (Å²) >= 11 is 0. The predicted molar refractivity (Wildman–Crippen MR) is 85.6 cm³/mol. The summed E-state index contributed by atoms with van der Waals surface area (Å²) in [5, 5.41) is 2.94. The summed E-state index contributed by atoms with van der Waals surface area (Å²) < 4.78 is 37.2. The van der Waals surface area contributed by atoms with Crippen LogP contribution in [0.3, 0.4) is 0 Å². The van der Waals surface area contributed by atoms with Gasteiger partial charge >= 0.3 is 6.18 Å². The maximum absolute atomic E-state index is 12.4. The minimum absolute atomic E-state index is 0.0134. The van der Waals surface area contributed by atoms with E-state index in [0.717, 1.165) is 6.42 Å². The van der Waals surface area contributed by atoms with Gasteiger partial charge in [0.1, 0.15) is 0 Å². The number of benzene rings is 1. The Bertz CT molecular complexity index is 602. The Kier molecular flexibility index (Phi) is 4.85. The molecule has 2 fully saturated rings. The molecule has 0 radical (unpaired) electrons. The molecule has 1 aromatic carbocycles. The van der Waals surface area contributed by atoms with Gasteiger partial charge in [0.25, 0.3) is 0 Å². The van der Waals surface area contributed by atoms with Crippen LogP contribution >= 0.6 is 0 Å². The smallest absolute Gasteiger partial charge is 0.356 e. The van der Waals surface area contributed by atoms with E-state index in [9.17, 15) is 18.0 Å². The van der Waals surface area contributed by atoms with E-state index in [2.05, 4.69) is 17.4 Å². The Morgan fingerprint density at radius 2 is 2.17 bits per heavy atom. The Morgan fingerprint density at radius 3 is 2.88 bits per heavy atom. The van der Waals surface area contributed by atoms with Gasteiger partial charge in [-0.05, 0) is 43.7 Å². The molecular formula is C18H23F3N2O. The van der Waals surface area contributed by atoms with Crippen molar-refractivity contribution in [3.05, 3.63) is 35.4 Å². The van der Waals surface area contributed by atoms with Crippen molar-refractivity contribution in [3.63, 3.8) is 0 Å². The molecule has 0 unspecified atom stereocenters. The van der Waals surface area contributed by atoms with Crippen molar-refractivity contribution in [1.29, 1.82) is 0 Å². The number of carbonyl (C=O) groups is 1. The summed E-state index contributed by atoms with van der Waals surface area (Å²) in [6.07, 6.45) is -2.57. The van der Waals surface area contributed by atoms with E-state index >= 15 is 0 Å². The standard InChI is InChI=1S/C18H23F3N2O/c1-12-3-2-4-14(7-12)15-8-16(15)17(24)22-9-13-5-6-23(10-13)11-18(19,20)21/h2-4,7,13,15-16H,5-6,8-11H2,1H3,(H,22,24)/t13-,15-,16-/m0/s1. The molecule has 1 aliphatic heterocycles. The molecule has 132 valence electrons. The zero-order valence-corrected chi connectivity index (χ0v) is 13.8. The van der Waals surface area contributed by atoms with E-state index in [4.69, 9.17) is 0 Å². The van der Waals surface area contributed by atoms with Crippen molar-refractivity contribution in [1.82, 2.24) is 10.2 Å². The van der Waals surface area contributed by atoms with E-state index in [1.165, 1.54) is 16.0 Å². The van der Waals surface area contributed by atoms with Crippen molar-refractivity contribution in [2.24, 2.45) is 11.8 Å². The molecule has 1 saturated carbocycles. The normalized spacial score (nSPS) is 27.2. The van der Waals surface area contributed by atoms with Gasteiger partial charge in [-0.25, -0.2) is 0 Å². The third-order valence-corrected chi connectivity index (χ3v) is 4.94. The third kappa shape index (κ3) is 4.50. The summed E-state index contributed by atoms with van der Waals surface area (Å²) in [6.45, 7) is 2.52.